The van der Waals surface area contributed by atoms with Gasteiger partial charge in [0.05, 0.1) is 11.1 Å². The molecule has 0 radical (unpaired) electrons. The molecule has 0 bridgehead atoms. The van der Waals surface area contributed by atoms with Crippen molar-refractivity contribution in [2.75, 3.05) is 6.61 Å². The molecule has 3 rings (SSSR count). The Hall–Kier alpha value is -2.07. The number of rotatable bonds is 4. The van der Waals surface area contributed by atoms with Crippen LogP contribution in [0.25, 0.3) is 0 Å². The van der Waals surface area contributed by atoms with Crippen LogP contribution in [0, 0.1) is 5.82 Å². The van der Waals surface area contributed by atoms with Crippen LogP contribution in [0.2, 0.25) is 5.02 Å². The SMILES string of the molecule is O=C(COc1ccc(F)cc1Cl)NC1CCc2ccccc21. The first-order chi connectivity index (χ1) is 10.6. The van der Waals surface area contributed by atoms with E-state index in [4.69, 9.17) is 16.3 Å². The Kier molecular flexibility index (Phi) is 4.29. The predicted molar refractivity (Wildman–Crippen MR) is 82.6 cm³/mol. The van der Waals surface area contributed by atoms with Gasteiger partial charge in [0.2, 0.25) is 0 Å². The summed E-state index contributed by atoms with van der Waals surface area (Å²) in [7, 11) is 0. The Labute approximate surface area is 133 Å². The van der Waals surface area contributed by atoms with Gasteiger partial charge in [-0.2, -0.15) is 0 Å². The van der Waals surface area contributed by atoms with E-state index in [1.807, 2.05) is 18.2 Å². The number of aryl methyl sites for hydroxylation is 1. The lowest BCUT2D eigenvalue weighted by Gasteiger charge is -2.15. The van der Waals surface area contributed by atoms with Crippen molar-refractivity contribution in [3.63, 3.8) is 0 Å². The zero-order valence-electron chi connectivity index (χ0n) is 11.8. The number of benzene rings is 2. The van der Waals surface area contributed by atoms with E-state index in [-0.39, 0.29) is 23.6 Å². The molecule has 22 heavy (non-hydrogen) atoms. The van der Waals surface area contributed by atoms with Gasteiger partial charge in [-0.25, -0.2) is 4.39 Å². The molecular formula is C17H15ClFNO2. The number of carbonyl (C=O) groups excluding carboxylic acids is 1. The third kappa shape index (κ3) is 3.22. The van der Waals surface area contributed by atoms with Gasteiger partial charge in [0.15, 0.2) is 6.61 Å². The summed E-state index contributed by atoms with van der Waals surface area (Å²) < 4.78 is 18.3. The van der Waals surface area contributed by atoms with Crippen molar-refractivity contribution in [1.29, 1.82) is 0 Å². The number of carbonyl (C=O) groups is 1. The second-order valence-electron chi connectivity index (χ2n) is 5.22. The van der Waals surface area contributed by atoms with Crippen LogP contribution in [0.3, 0.4) is 0 Å². The number of hydrogen-bond donors (Lipinski definition) is 1. The average molecular weight is 320 g/mol. The highest BCUT2D eigenvalue weighted by atomic mass is 35.5. The van der Waals surface area contributed by atoms with Crippen LogP contribution in [0.4, 0.5) is 4.39 Å². The number of nitrogens with one attached hydrogen (secondary N) is 1. The molecule has 0 fully saturated rings. The summed E-state index contributed by atoms with van der Waals surface area (Å²) in [6.07, 6.45) is 1.86. The minimum absolute atomic E-state index is 0.0241. The molecule has 1 aliphatic rings. The van der Waals surface area contributed by atoms with Crippen LogP contribution < -0.4 is 10.1 Å². The highest BCUT2D eigenvalue weighted by Crippen LogP contribution is 2.30. The fraction of sp³-hybridized carbons (Fsp3) is 0.235. The van der Waals surface area contributed by atoms with Gasteiger partial charge in [-0.15, -0.1) is 0 Å². The number of fused-ring (bicyclic) bond motifs is 1. The van der Waals surface area contributed by atoms with Crippen molar-refractivity contribution in [3.05, 3.63) is 64.4 Å². The number of halogens is 2. The molecule has 0 saturated heterocycles. The lowest BCUT2D eigenvalue weighted by molar-refractivity contribution is -0.123. The summed E-state index contributed by atoms with van der Waals surface area (Å²) in [4.78, 5) is 12.0. The van der Waals surface area contributed by atoms with E-state index >= 15 is 0 Å². The van der Waals surface area contributed by atoms with Gasteiger partial charge in [0.25, 0.3) is 5.91 Å². The quantitative estimate of drug-likeness (QED) is 0.934. The minimum atomic E-state index is -0.440. The van der Waals surface area contributed by atoms with Gasteiger partial charge < -0.3 is 10.1 Å². The van der Waals surface area contributed by atoms with E-state index < -0.39 is 5.82 Å². The molecule has 0 spiro atoms. The summed E-state index contributed by atoms with van der Waals surface area (Å²) in [6, 6.07) is 11.9. The molecule has 1 N–H and O–H groups in total. The van der Waals surface area contributed by atoms with Crippen LogP contribution in [-0.2, 0) is 11.2 Å². The molecule has 114 valence electrons. The topological polar surface area (TPSA) is 38.3 Å². The van der Waals surface area contributed by atoms with Gasteiger partial charge in [-0.3, -0.25) is 4.79 Å². The maximum absolute atomic E-state index is 12.9. The van der Waals surface area contributed by atoms with Crippen molar-refractivity contribution in [3.8, 4) is 5.75 Å². The Morgan fingerprint density at radius 2 is 2.14 bits per heavy atom. The van der Waals surface area contributed by atoms with Crippen molar-refractivity contribution >= 4 is 17.5 Å². The van der Waals surface area contributed by atoms with E-state index in [0.717, 1.165) is 24.5 Å². The summed E-state index contributed by atoms with van der Waals surface area (Å²) in [5, 5.41) is 3.11. The van der Waals surface area contributed by atoms with Gasteiger partial charge >= 0.3 is 0 Å². The van der Waals surface area contributed by atoms with Crippen LogP contribution in [0.15, 0.2) is 42.5 Å². The molecular weight excluding hydrogens is 305 g/mol. The fourth-order valence-electron chi connectivity index (χ4n) is 2.68. The molecule has 0 aromatic heterocycles. The van der Waals surface area contributed by atoms with Gasteiger partial charge in [-0.1, -0.05) is 35.9 Å². The maximum atomic E-state index is 12.9. The van der Waals surface area contributed by atoms with E-state index in [2.05, 4.69) is 11.4 Å². The van der Waals surface area contributed by atoms with Crippen molar-refractivity contribution in [1.82, 2.24) is 5.32 Å². The van der Waals surface area contributed by atoms with Crippen molar-refractivity contribution in [2.45, 2.75) is 18.9 Å². The Morgan fingerprint density at radius 1 is 1.32 bits per heavy atom. The van der Waals surface area contributed by atoms with Gasteiger partial charge in [0.1, 0.15) is 11.6 Å². The Balaban J connectivity index is 1.57. The zero-order valence-corrected chi connectivity index (χ0v) is 12.6. The van der Waals surface area contributed by atoms with Crippen LogP contribution >= 0.6 is 11.6 Å². The van der Waals surface area contributed by atoms with Crippen LogP contribution in [0.5, 0.6) is 5.75 Å². The number of ether oxygens (including phenoxy) is 1. The average Bonchev–Trinajstić information content (AvgIpc) is 2.90. The summed E-state index contributed by atoms with van der Waals surface area (Å²) in [6.45, 7) is -0.149. The molecule has 2 aromatic rings. The van der Waals surface area contributed by atoms with Crippen LogP contribution in [-0.4, -0.2) is 12.5 Å². The molecule has 1 aliphatic carbocycles. The summed E-state index contributed by atoms with van der Waals surface area (Å²) >= 11 is 5.85. The standard InChI is InChI=1S/C17H15ClFNO2/c18-14-9-12(19)6-8-16(14)22-10-17(21)20-15-7-5-11-3-1-2-4-13(11)15/h1-4,6,8-9,15H,5,7,10H2,(H,20,21). The smallest absolute Gasteiger partial charge is 0.258 e. The lowest BCUT2D eigenvalue weighted by atomic mass is 10.1. The van der Waals surface area contributed by atoms with E-state index in [9.17, 15) is 9.18 Å². The minimum Gasteiger partial charge on any atom is -0.482 e. The molecule has 0 saturated carbocycles. The van der Waals surface area contributed by atoms with Gasteiger partial charge in [0, 0.05) is 0 Å². The van der Waals surface area contributed by atoms with Gasteiger partial charge in [-0.05, 0) is 42.2 Å². The fourth-order valence-corrected chi connectivity index (χ4v) is 2.90. The van der Waals surface area contributed by atoms with Crippen molar-refractivity contribution < 1.29 is 13.9 Å². The monoisotopic (exact) mass is 319 g/mol. The maximum Gasteiger partial charge on any atom is 0.258 e. The normalized spacial score (nSPS) is 16.2. The van der Waals surface area contributed by atoms with Crippen molar-refractivity contribution in [2.24, 2.45) is 0 Å². The molecule has 1 atom stereocenters. The van der Waals surface area contributed by atoms with E-state index in [0.29, 0.717) is 5.75 Å². The Bertz CT molecular complexity index is 705. The lowest BCUT2D eigenvalue weighted by Crippen LogP contribution is -2.31. The second-order valence-corrected chi connectivity index (χ2v) is 5.63. The Morgan fingerprint density at radius 3 is 2.95 bits per heavy atom. The number of hydrogen-bond acceptors (Lipinski definition) is 2. The summed E-state index contributed by atoms with van der Waals surface area (Å²) in [5.41, 5.74) is 2.44. The third-order valence-corrected chi connectivity index (χ3v) is 4.02. The molecule has 0 heterocycles. The first kappa shape index (κ1) is 14.9. The molecule has 0 aliphatic heterocycles. The molecule has 3 nitrogen and oxygen atoms in total. The first-order valence-electron chi connectivity index (χ1n) is 7.08. The highest BCUT2D eigenvalue weighted by Gasteiger charge is 2.23. The van der Waals surface area contributed by atoms with E-state index in [1.54, 1.807) is 0 Å². The predicted octanol–water partition coefficient (Wildman–Crippen LogP) is 3.66. The molecule has 1 unspecified atom stereocenters. The molecule has 5 heteroatoms. The third-order valence-electron chi connectivity index (χ3n) is 3.72. The largest absolute Gasteiger partial charge is 0.482 e. The molecule has 1 amide bonds. The van der Waals surface area contributed by atoms with Crippen LogP contribution in [0.1, 0.15) is 23.6 Å². The second kappa shape index (κ2) is 6.36. The summed E-state index contributed by atoms with van der Waals surface area (Å²) in [5.74, 6) is -0.364. The van der Waals surface area contributed by atoms with E-state index in [1.165, 1.54) is 17.7 Å². The molecule has 2 aromatic carbocycles. The first-order valence-corrected chi connectivity index (χ1v) is 7.46. The highest BCUT2D eigenvalue weighted by molar-refractivity contribution is 6.32. The zero-order chi connectivity index (χ0) is 15.5. The number of amides is 1.